The lowest BCUT2D eigenvalue weighted by molar-refractivity contribution is -0.130. The summed E-state index contributed by atoms with van der Waals surface area (Å²) in [6.07, 6.45) is 11.7. The van der Waals surface area contributed by atoms with Crippen molar-refractivity contribution in [3.63, 3.8) is 0 Å². The third-order valence-electron chi connectivity index (χ3n) is 10.1. The van der Waals surface area contributed by atoms with E-state index in [2.05, 4.69) is 24.8 Å². The molecule has 4 aliphatic rings. The fourth-order valence-electron chi connectivity index (χ4n) is 8.13. The SMILES string of the molecule is C/C=C\C(=C/OC=O)C(=O)N(C)C(C)C1CCC2(C)C3Cc4ccc(O)cc4C12CCN3CC1CC1. The number of hydrogen-bond acceptors (Lipinski definition) is 5. The molecule has 1 aliphatic heterocycles. The van der Waals surface area contributed by atoms with E-state index in [9.17, 15) is 14.7 Å². The maximum absolute atomic E-state index is 13.5. The summed E-state index contributed by atoms with van der Waals surface area (Å²) in [7, 11) is 1.86. The van der Waals surface area contributed by atoms with Gasteiger partial charge < -0.3 is 14.7 Å². The average Bonchev–Trinajstić information content (AvgIpc) is 3.62. The molecule has 1 heterocycles. The number of fused-ring (bicyclic) bond motifs is 1. The minimum atomic E-state index is -0.151. The molecular formula is C30H40N2O4. The second-order valence-corrected chi connectivity index (χ2v) is 11.7. The van der Waals surface area contributed by atoms with Crippen LogP contribution in [0.4, 0.5) is 0 Å². The summed E-state index contributed by atoms with van der Waals surface area (Å²) in [6.45, 7) is 9.11. The fourth-order valence-corrected chi connectivity index (χ4v) is 8.13. The van der Waals surface area contributed by atoms with Gasteiger partial charge in [-0.2, -0.15) is 0 Å². The number of benzene rings is 1. The molecule has 0 aromatic heterocycles. The van der Waals surface area contributed by atoms with Gasteiger partial charge >= 0.3 is 0 Å². The van der Waals surface area contributed by atoms with Crippen LogP contribution in [0, 0.1) is 17.3 Å². The lowest BCUT2D eigenvalue weighted by Crippen LogP contribution is -2.67. The summed E-state index contributed by atoms with van der Waals surface area (Å²) in [4.78, 5) is 28.9. The third-order valence-corrected chi connectivity index (χ3v) is 10.1. The van der Waals surface area contributed by atoms with Crippen LogP contribution in [-0.2, 0) is 26.2 Å². The molecule has 6 nitrogen and oxygen atoms in total. The van der Waals surface area contributed by atoms with E-state index in [4.69, 9.17) is 4.74 Å². The van der Waals surface area contributed by atoms with E-state index in [0.717, 1.165) is 38.1 Å². The van der Waals surface area contributed by atoms with Crippen LogP contribution in [0.1, 0.15) is 64.0 Å². The molecular weight excluding hydrogens is 452 g/mol. The van der Waals surface area contributed by atoms with Crippen LogP contribution in [0.5, 0.6) is 5.75 Å². The van der Waals surface area contributed by atoms with E-state index in [1.807, 2.05) is 31.0 Å². The molecule has 5 unspecified atom stereocenters. The zero-order valence-corrected chi connectivity index (χ0v) is 22.1. The summed E-state index contributed by atoms with van der Waals surface area (Å²) in [5, 5.41) is 10.6. The van der Waals surface area contributed by atoms with Crippen molar-refractivity contribution in [1.29, 1.82) is 0 Å². The summed E-state index contributed by atoms with van der Waals surface area (Å²) < 4.78 is 4.82. The molecule has 0 spiro atoms. The van der Waals surface area contributed by atoms with Crippen molar-refractivity contribution in [2.45, 2.75) is 76.8 Å². The highest BCUT2D eigenvalue weighted by molar-refractivity contribution is 5.96. The van der Waals surface area contributed by atoms with Crippen LogP contribution >= 0.6 is 0 Å². The summed E-state index contributed by atoms with van der Waals surface area (Å²) >= 11 is 0. The van der Waals surface area contributed by atoms with E-state index in [1.165, 1.54) is 36.8 Å². The van der Waals surface area contributed by atoms with Gasteiger partial charge in [0.2, 0.25) is 0 Å². The number of phenols is 1. The van der Waals surface area contributed by atoms with Crippen molar-refractivity contribution < 1.29 is 19.4 Å². The molecule has 3 aliphatic carbocycles. The lowest BCUT2D eigenvalue weighted by Gasteiger charge is -2.63. The number of amides is 1. The highest BCUT2D eigenvalue weighted by Crippen LogP contribution is 2.68. The zero-order chi connectivity index (χ0) is 25.7. The van der Waals surface area contributed by atoms with Crippen LogP contribution in [0.2, 0.25) is 0 Å². The molecule has 3 fully saturated rings. The van der Waals surface area contributed by atoms with Crippen molar-refractivity contribution >= 4 is 12.4 Å². The normalized spacial score (nSPS) is 32.6. The van der Waals surface area contributed by atoms with Crippen molar-refractivity contribution in [3.8, 4) is 5.75 Å². The van der Waals surface area contributed by atoms with Gasteiger partial charge in [0.25, 0.3) is 12.4 Å². The minimum Gasteiger partial charge on any atom is -0.508 e. The van der Waals surface area contributed by atoms with Gasteiger partial charge in [-0.05, 0) is 99.4 Å². The first-order chi connectivity index (χ1) is 17.3. The predicted molar refractivity (Wildman–Crippen MR) is 139 cm³/mol. The highest BCUT2D eigenvalue weighted by atomic mass is 16.5. The fraction of sp³-hybridized carbons (Fsp3) is 0.600. The Bertz CT molecular complexity index is 1090. The summed E-state index contributed by atoms with van der Waals surface area (Å²) in [5.74, 6) is 1.30. The van der Waals surface area contributed by atoms with Gasteiger partial charge in [-0.1, -0.05) is 25.1 Å². The van der Waals surface area contributed by atoms with Crippen LogP contribution in [-0.4, -0.2) is 59.5 Å². The second-order valence-electron chi connectivity index (χ2n) is 11.7. The molecule has 5 rings (SSSR count). The Hall–Kier alpha value is -2.60. The number of piperidine rings is 1. The number of likely N-dealkylation sites (N-methyl/N-ethyl adjacent to an activating group) is 1. The molecule has 0 radical (unpaired) electrons. The Morgan fingerprint density at radius 1 is 1.31 bits per heavy atom. The second kappa shape index (κ2) is 9.37. The smallest absolute Gasteiger partial charge is 0.297 e. The first kappa shape index (κ1) is 25.1. The van der Waals surface area contributed by atoms with Crippen LogP contribution in [0.25, 0.3) is 0 Å². The number of ether oxygens (including phenoxy) is 1. The molecule has 2 saturated carbocycles. The number of aromatic hydroxyl groups is 1. The standard InChI is InChI=1S/C30H40N2O4/c1-5-6-23(18-36-19-33)28(35)31(4)20(2)25-11-12-29(3)27-15-22-9-10-24(34)16-26(22)30(25,29)13-14-32(27)17-21-7-8-21/h5-6,9-10,16,18-21,25,27,34H,7-8,11-15,17H2,1-4H3/b6-5-,23-18+. The highest BCUT2D eigenvalue weighted by Gasteiger charge is 2.67. The Balaban J connectivity index is 1.53. The zero-order valence-electron chi connectivity index (χ0n) is 22.1. The topological polar surface area (TPSA) is 70.1 Å². The van der Waals surface area contributed by atoms with E-state index in [0.29, 0.717) is 23.8 Å². The van der Waals surface area contributed by atoms with Crippen LogP contribution < -0.4 is 0 Å². The quantitative estimate of drug-likeness (QED) is 0.249. The monoisotopic (exact) mass is 492 g/mol. The molecule has 36 heavy (non-hydrogen) atoms. The summed E-state index contributed by atoms with van der Waals surface area (Å²) in [5.41, 5.74) is 3.01. The number of carbonyl (C=O) groups is 2. The first-order valence-electron chi connectivity index (χ1n) is 13.5. The van der Waals surface area contributed by atoms with Crippen molar-refractivity contribution in [3.05, 3.63) is 53.3 Å². The van der Waals surface area contributed by atoms with E-state index in [1.54, 1.807) is 12.2 Å². The number of allylic oxidation sites excluding steroid dienone is 1. The van der Waals surface area contributed by atoms with Crippen molar-refractivity contribution in [1.82, 2.24) is 9.80 Å². The maximum Gasteiger partial charge on any atom is 0.297 e. The van der Waals surface area contributed by atoms with Gasteiger partial charge in [0, 0.05) is 31.1 Å². The van der Waals surface area contributed by atoms with E-state index < -0.39 is 0 Å². The predicted octanol–water partition coefficient (Wildman–Crippen LogP) is 4.57. The number of nitrogens with zero attached hydrogens (tertiary/aromatic N) is 2. The van der Waals surface area contributed by atoms with Gasteiger partial charge in [0.1, 0.15) is 12.0 Å². The Morgan fingerprint density at radius 3 is 2.78 bits per heavy atom. The van der Waals surface area contributed by atoms with Gasteiger partial charge in [-0.15, -0.1) is 0 Å². The molecule has 1 aromatic rings. The van der Waals surface area contributed by atoms with E-state index >= 15 is 0 Å². The molecule has 2 bridgehead atoms. The van der Waals surface area contributed by atoms with Crippen molar-refractivity contribution in [2.24, 2.45) is 17.3 Å². The molecule has 6 heteroatoms. The number of carbonyl (C=O) groups excluding carboxylic acids is 2. The van der Waals surface area contributed by atoms with Crippen LogP contribution in [0.15, 0.2) is 42.2 Å². The number of rotatable bonds is 8. The molecule has 1 amide bonds. The molecule has 1 N–H and O–H groups in total. The third kappa shape index (κ3) is 3.80. The Labute approximate surface area is 215 Å². The summed E-state index contributed by atoms with van der Waals surface area (Å²) in [6, 6.07) is 6.47. The Morgan fingerprint density at radius 2 is 2.08 bits per heavy atom. The van der Waals surface area contributed by atoms with Gasteiger partial charge in [-0.3, -0.25) is 14.5 Å². The molecule has 1 aromatic carbocycles. The number of phenolic OH excluding ortho intramolecular Hbond substituents is 1. The van der Waals surface area contributed by atoms with Crippen molar-refractivity contribution in [2.75, 3.05) is 20.1 Å². The maximum atomic E-state index is 13.5. The largest absolute Gasteiger partial charge is 0.508 e. The Kier molecular flexibility index (Phi) is 6.52. The molecule has 1 saturated heterocycles. The lowest BCUT2D eigenvalue weighted by atomic mass is 9.48. The average molecular weight is 493 g/mol. The van der Waals surface area contributed by atoms with Crippen LogP contribution in [0.3, 0.4) is 0 Å². The minimum absolute atomic E-state index is 0.0202. The van der Waals surface area contributed by atoms with E-state index in [-0.39, 0.29) is 28.7 Å². The van der Waals surface area contributed by atoms with Gasteiger partial charge in [0.05, 0.1) is 5.57 Å². The molecule has 194 valence electrons. The number of likely N-dealkylation sites (tertiary alicyclic amines) is 1. The molecule has 5 atom stereocenters. The number of hydrogen-bond donors (Lipinski definition) is 1. The van der Waals surface area contributed by atoms with Gasteiger partial charge in [0.15, 0.2) is 0 Å². The first-order valence-corrected chi connectivity index (χ1v) is 13.5. The van der Waals surface area contributed by atoms with Gasteiger partial charge in [-0.25, -0.2) is 0 Å².